The number of halogens is 1. The van der Waals surface area contributed by atoms with Gasteiger partial charge in [0.15, 0.2) is 23.4 Å². The molecule has 0 fully saturated rings. The van der Waals surface area contributed by atoms with Crippen LogP contribution in [0.1, 0.15) is 22.8 Å². The number of nitrogens with zero attached hydrogens (tertiary/aromatic N) is 2. The van der Waals surface area contributed by atoms with Gasteiger partial charge >= 0.3 is 5.63 Å². The molecule has 0 atom stereocenters. The number of anilines is 1. The number of hydrogen-bond acceptors (Lipinski definition) is 6. The Labute approximate surface area is 174 Å². The zero-order chi connectivity index (χ0) is 22.0. The van der Waals surface area contributed by atoms with Crippen LogP contribution in [-0.4, -0.2) is 50.0 Å². The number of benzene rings is 2. The maximum absolute atomic E-state index is 14.1. The van der Waals surface area contributed by atoms with Crippen molar-refractivity contribution in [1.29, 1.82) is 0 Å². The fraction of sp³-hybridized carbons (Fsp3) is 0.304. The van der Waals surface area contributed by atoms with Gasteiger partial charge in [0.2, 0.25) is 0 Å². The normalized spacial score (nSPS) is 11.3. The summed E-state index contributed by atoms with van der Waals surface area (Å²) < 4.78 is 19.4. The minimum atomic E-state index is -0.943. The van der Waals surface area contributed by atoms with E-state index in [9.17, 15) is 19.1 Å². The summed E-state index contributed by atoms with van der Waals surface area (Å²) in [6, 6.07) is 8.54. The molecule has 1 heterocycles. The molecule has 0 aliphatic rings. The third-order valence-corrected chi connectivity index (χ3v) is 5.49. The van der Waals surface area contributed by atoms with E-state index < -0.39 is 17.2 Å². The standard InChI is InChI=1S/C23H25FN2O4/c1-5-25(3)10-11-26(4)16-8-6-15(7-9-16)20-14(2)17-12-19(24)21(28)18(13-27)22(17)30-23(20)29/h6-9,12-13,28H,5,10-11H2,1-4H3. The highest BCUT2D eigenvalue weighted by Crippen LogP contribution is 2.33. The third kappa shape index (κ3) is 3.93. The van der Waals surface area contributed by atoms with Gasteiger partial charge in [0, 0.05) is 31.2 Å². The maximum atomic E-state index is 14.1. The van der Waals surface area contributed by atoms with Crippen molar-refractivity contribution in [2.75, 3.05) is 38.6 Å². The first kappa shape index (κ1) is 21.5. The highest BCUT2D eigenvalue weighted by atomic mass is 19.1. The number of likely N-dealkylation sites (N-methyl/N-ethyl adjacent to an activating group) is 2. The molecular formula is C23H25FN2O4. The van der Waals surface area contributed by atoms with Crippen molar-refractivity contribution in [2.45, 2.75) is 13.8 Å². The van der Waals surface area contributed by atoms with Gasteiger partial charge in [0.25, 0.3) is 0 Å². The van der Waals surface area contributed by atoms with Gasteiger partial charge in [-0.3, -0.25) is 4.79 Å². The fourth-order valence-corrected chi connectivity index (χ4v) is 3.40. The molecule has 3 rings (SSSR count). The van der Waals surface area contributed by atoms with Gasteiger partial charge in [-0.05, 0) is 49.8 Å². The second-order valence-corrected chi connectivity index (χ2v) is 7.37. The number of aldehydes is 1. The number of aryl methyl sites for hydroxylation is 1. The maximum Gasteiger partial charge on any atom is 0.344 e. The van der Waals surface area contributed by atoms with Gasteiger partial charge < -0.3 is 19.3 Å². The van der Waals surface area contributed by atoms with Gasteiger partial charge in [-0.2, -0.15) is 0 Å². The van der Waals surface area contributed by atoms with Crippen LogP contribution in [0.2, 0.25) is 0 Å². The summed E-state index contributed by atoms with van der Waals surface area (Å²) in [4.78, 5) is 28.3. The summed E-state index contributed by atoms with van der Waals surface area (Å²) in [5, 5.41) is 10.0. The molecule has 3 aromatic rings. The number of carbonyl (C=O) groups is 1. The van der Waals surface area contributed by atoms with E-state index >= 15 is 0 Å². The molecule has 0 aliphatic heterocycles. The minimum absolute atomic E-state index is 0.119. The summed E-state index contributed by atoms with van der Waals surface area (Å²) in [7, 11) is 4.07. The van der Waals surface area contributed by atoms with Crippen LogP contribution in [0.5, 0.6) is 5.75 Å². The fourth-order valence-electron chi connectivity index (χ4n) is 3.40. The zero-order valence-corrected chi connectivity index (χ0v) is 17.5. The van der Waals surface area contributed by atoms with Crippen molar-refractivity contribution in [3.63, 3.8) is 0 Å². The highest BCUT2D eigenvalue weighted by Gasteiger charge is 2.20. The Bertz CT molecular complexity index is 1140. The highest BCUT2D eigenvalue weighted by molar-refractivity contribution is 6.00. The van der Waals surface area contributed by atoms with E-state index in [0.717, 1.165) is 31.4 Å². The van der Waals surface area contributed by atoms with Gasteiger partial charge in [0.05, 0.1) is 5.56 Å². The smallest absolute Gasteiger partial charge is 0.344 e. The average Bonchev–Trinajstić information content (AvgIpc) is 2.74. The molecule has 0 radical (unpaired) electrons. The van der Waals surface area contributed by atoms with E-state index in [4.69, 9.17) is 4.42 Å². The number of hydrogen-bond donors (Lipinski definition) is 1. The number of carbonyl (C=O) groups excluding carboxylic acids is 1. The van der Waals surface area contributed by atoms with E-state index in [0.29, 0.717) is 16.7 Å². The van der Waals surface area contributed by atoms with E-state index in [1.807, 2.05) is 31.3 Å². The Balaban J connectivity index is 2.02. The first-order chi connectivity index (χ1) is 14.3. The first-order valence-electron chi connectivity index (χ1n) is 9.72. The Kier molecular flexibility index (Phi) is 6.22. The molecule has 0 saturated heterocycles. The van der Waals surface area contributed by atoms with Crippen LogP contribution < -0.4 is 10.5 Å². The van der Waals surface area contributed by atoms with Crippen molar-refractivity contribution in [2.24, 2.45) is 0 Å². The number of fused-ring (bicyclic) bond motifs is 1. The third-order valence-electron chi connectivity index (χ3n) is 5.49. The summed E-state index contributed by atoms with van der Waals surface area (Å²) in [5.41, 5.74) is 1.27. The Morgan fingerprint density at radius 1 is 1.17 bits per heavy atom. The number of rotatable bonds is 7. The second-order valence-electron chi connectivity index (χ2n) is 7.37. The minimum Gasteiger partial charge on any atom is -0.504 e. The summed E-state index contributed by atoms with van der Waals surface area (Å²) in [6.07, 6.45) is 0.281. The molecule has 1 aromatic heterocycles. The predicted octanol–water partition coefficient (Wildman–Crippen LogP) is 3.81. The zero-order valence-electron chi connectivity index (χ0n) is 17.5. The molecule has 0 spiro atoms. The van der Waals surface area contributed by atoms with E-state index in [-0.39, 0.29) is 22.8 Å². The lowest BCUT2D eigenvalue weighted by molar-refractivity contribution is 0.112. The molecule has 158 valence electrons. The van der Waals surface area contributed by atoms with Crippen molar-refractivity contribution in [3.8, 4) is 16.9 Å². The van der Waals surface area contributed by atoms with Crippen molar-refractivity contribution in [1.82, 2.24) is 4.90 Å². The molecule has 30 heavy (non-hydrogen) atoms. The number of phenolic OH excluding ortho intramolecular Hbond substituents is 1. The molecule has 1 N–H and O–H groups in total. The number of phenols is 1. The molecule has 6 nitrogen and oxygen atoms in total. The molecular weight excluding hydrogens is 387 g/mol. The molecule has 0 unspecified atom stereocenters. The lowest BCUT2D eigenvalue weighted by Gasteiger charge is -2.23. The Morgan fingerprint density at radius 2 is 1.83 bits per heavy atom. The van der Waals surface area contributed by atoms with Crippen LogP contribution in [0, 0.1) is 12.7 Å². The lowest BCUT2D eigenvalue weighted by Crippen LogP contribution is -2.30. The summed E-state index contributed by atoms with van der Waals surface area (Å²) in [5.74, 6) is -1.77. The Morgan fingerprint density at radius 3 is 2.43 bits per heavy atom. The van der Waals surface area contributed by atoms with Gasteiger partial charge in [-0.25, -0.2) is 9.18 Å². The molecule has 0 saturated carbocycles. The Hall–Kier alpha value is -3.19. The van der Waals surface area contributed by atoms with Crippen molar-refractivity contribution >= 4 is 22.9 Å². The monoisotopic (exact) mass is 412 g/mol. The summed E-state index contributed by atoms with van der Waals surface area (Å²) >= 11 is 0. The van der Waals surface area contributed by atoms with E-state index in [2.05, 4.69) is 23.8 Å². The molecule has 0 amide bonds. The molecule has 7 heteroatoms. The van der Waals surface area contributed by atoms with Crippen LogP contribution >= 0.6 is 0 Å². The molecule has 2 aromatic carbocycles. The van der Waals surface area contributed by atoms with Crippen LogP contribution in [0.3, 0.4) is 0 Å². The predicted molar refractivity (Wildman–Crippen MR) is 116 cm³/mol. The quantitative estimate of drug-likeness (QED) is 0.470. The molecule has 0 aliphatic carbocycles. The second kappa shape index (κ2) is 8.67. The van der Waals surface area contributed by atoms with E-state index in [1.165, 1.54) is 0 Å². The van der Waals surface area contributed by atoms with E-state index in [1.54, 1.807) is 6.92 Å². The topological polar surface area (TPSA) is 74.0 Å². The summed E-state index contributed by atoms with van der Waals surface area (Å²) in [6.45, 7) is 6.55. The van der Waals surface area contributed by atoms with Crippen LogP contribution in [0.4, 0.5) is 10.1 Å². The van der Waals surface area contributed by atoms with Gasteiger partial charge in [-0.1, -0.05) is 19.1 Å². The van der Waals surface area contributed by atoms with Gasteiger partial charge in [0.1, 0.15) is 5.56 Å². The van der Waals surface area contributed by atoms with Crippen molar-refractivity contribution in [3.05, 3.63) is 57.7 Å². The lowest BCUT2D eigenvalue weighted by atomic mass is 9.97. The van der Waals surface area contributed by atoms with Crippen LogP contribution in [-0.2, 0) is 0 Å². The first-order valence-corrected chi connectivity index (χ1v) is 9.72. The average molecular weight is 412 g/mol. The van der Waals surface area contributed by atoms with Crippen LogP contribution in [0.15, 0.2) is 39.5 Å². The van der Waals surface area contributed by atoms with Crippen molar-refractivity contribution < 1.29 is 18.7 Å². The molecule has 0 bridgehead atoms. The van der Waals surface area contributed by atoms with Crippen LogP contribution in [0.25, 0.3) is 22.1 Å². The van der Waals surface area contributed by atoms with Gasteiger partial charge in [-0.15, -0.1) is 0 Å². The SMILES string of the molecule is CCN(C)CCN(C)c1ccc(-c2c(C)c3cc(F)c(O)c(C=O)c3oc2=O)cc1. The largest absolute Gasteiger partial charge is 0.504 e. The number of aromatic hydroxyl groups is 1.